The van der Waals surface area contributed by atoms with Crippen molar-refractivity contribution in [3.63, 3.8) is 0 Å². The molecule has 0 aromatic carbocycles. The quantitative estimate of drug-likeness (QED) is 0.681. The molecule has 0 unspecified atom stereocenters. The van der Waals surface area contributed by atoms with Crippen molar-refractivity contribution in [3.05, 3.63) is 0 Å². The maximum atomic E-state index is 12.0. The Morgan fingerprint density at radius 3 is 2.54 bits per heavy atom. The van der Waals surface area contributed by atoms with Crippen molar-refractivity contribution >= 4 is 5.91 Å². The Kier molecular flexibility index (Phi) is 6.40. The molecule has 2 N–H and O–H groups in total. The summed E-state index contributed by atoms with van der Waals surface area (Å²) < 4.78 is 23.9. The summed E-state index contributed by atoms with van der Waals surface area (Å²) in [7, 11) is 0. The van der Waals surface area contributed by atoms with Gasteiger partial charge in [-0.25, -0.2) is 8.78 Å². The summed E-state index contributed by atoms with van der Waals surface area (Å²) in [6.07, 6.45) is -1.50. The number of hydrogen-bond acceptors (Lipinski definition) is 2. The molecule has 78 valence electrons. The molecule has 0 aromatic heterocycles. The van der Waals surface area contributed by atoms with Gasteiger partial charge in [0.05, 0.1) is 6.54 Å². The van der Waals surface area contributed by atoms with Crippen molar-refractivity contribution in [2.75, 3.05) is 19.6 Å². The number of carbonyl (C=O) groups excluding carboxylic acids is 1. The average molecular weight is 194 g/mol. The van der Waals surface area contributed by atoms with Gasteiger partial charge in [-0.05, 0) is 6.42 Å². The van der Waals surface area contributed by atoms with Crippen molar-refractivity contribution in [3.8, 4) is 0 Å². The maximum Gasteiger partial charge on any atom is 0.255 e. The predicted molar refractivity (Wildman–Crippen MR) is 46.5 cm³/mol. The molecule has 13 heavy (non-hydrogen) atoms. The van der Waals surface area contributed by atoms with Crippen LogP contribution in [0.5, 0.6) is 0 Å². The van der Waals surface area contributed by atoms with E-state index in [2.05, 4.69) is 0 Å². The Labute approximate surface area is 76.9 Å². The monoisotopic (exact) mass is 194 g/mol. The largest absolute Gasteiger partial charge is 0.336 e. The Bertz CT molecular complexity index is 153. The Morgan fingerprint density at radius 2 is 2.15 bits per heavy atom. The first-order chi connectivity index (χ1) is 6.11. The molecule has 0 atom stereocenters. The van der Waals surface area contributed by atoms with E-state index in [9.17, 15) is 13.6 Å². The fourth-order valence-electron chi connectivity index (χ4n) is 1.01. The molecule has 0 aromatic rings. The van der Waals surface area contributed by atoms with Gasteiger partial charge in [0.25, 0.3) is 6.43 Å². The summed E-state index contributed by atoms with van der Waals surface area (Å²) in [6, 6.07) is 0. The lowest BCUT2D eigenvalue weighted by Crippen LogP contribution is -2.38. The second kappa shape index (κ2) is 6.77. The summed E-state index contributed by atoms with van der Waals surface area (Å²) >= 11 is 0. The first-order valence-corrected chi connectivity index (χ1v) is 4.37. The van der Waals surface area contributed by atoms with Crippen molar-refractivity contribution in [1.82, 2.24) is 4.90 Å². The van der Waals surface area contributed by atoms with Gasteiger partial charge in [0.2, 0.25) is 5.91 Å². The van der Waals surface area contributed by atoms with Crippen LogP contribution in [0, 0.1) is 0 Å². The lowest BCUT2D eigenvalue weighted by Gasteiger charge is -2.21. The van der Waals surface area contributed by atoms with Gasteiger partial charge in [-0.3, -0.25) is 4.79 Å². The smallest absolute Gasteiger partial charge is 0.255 e. The number of amides is 1. The zero-order chi connectivity index (χ0) is 10.3. The van der Waals surface area contributed by atoms with E-state index in [1.807, 2.05) is 6.92 Å². The van der Waals surface area contributed by atoms with E-state index in [-0.39, 0.29) is 19.0 Å². The number of nitrogens with zero attached hydrogens (tertiary/aromatic N) is 1. The van der Waals surface area contributed by atoms with Crippen LogP contribution in [0.25, 0.3) is 0 Å². The van der Waals surface area contributed by atoms with Crippen molar-refractivity contribution in [1.29, 1.82) is 0 Å². The molecule has 0 fully saturated rings. The van der Waals surface area contributed by atoms with Crippen LogP contribution >= 0.6 is 0 Å². The topological polar surface area (TPSA) is 46.3 Å². The molecule has 0 rings (SSSR count). The van der Waals surface area contributed by atoms with Gasteiger partial charge >= 0.3 is 0 Å². The van der Waals surface area contributed by atoms with Gasteiger partial charge in [0.15, 0.2) is 0 Å². The molecule has 0 aliphatic carbocycles. The third-order valence-electron chi connectivity index (χ3n) is 1.57. The maximum absolute atomic E-state index is 12.0. The average Bonchev–Trinajstić information content (AvgIpc) is 2.03. The molecule has 0 saturated carbocycles. The SMILES string of the molecule is CCCC(=O)N(CCN)CC(F)F. The zero-order valence-electron chi connectivity index (χ0n) is 7.80. The lowest BCUT2D eigenvalue weighted by molar-refractivity contribution is -0.133. The third-order valence-corrected chi connectivity index (χ3v) is 1.57. The first-order valence-electron chi connectivity index (χ1n) is 4.37. The van der Waals surface area contributed by atoms with E-state index in [1.54, 1.807) is 0 Å². The number of hydrogen-bond donors (Lipinski definition) is 1. The minimum atomic E-state index is -2.48. The number of carbonyl (C=O) groups is 1. The zero-order valence-corrected chi connectivity index (χ0v) is 7.80. The highest BCUT2D eigenvalue weighted by molar-refractivity contribution is 5.76. The van der Waals surface area contributed by atoms with E-state index < -0.39 is 13.0 Å². The Balaban J connectivity index is 3.98. The molecule has 0 saturated heterocycles. The van der Waals surface area contributed by atoms with Gasteiger partial charge in [-0.1, -0.05) is 6.92 Å². The highest BCUT2D eigenvalue weighted by Gasteiger charge is 2.15. The van der Waals surface area contributed by atoms with Crippen molar-refractivity contribution in [2.45, 2.75) is 26.2 Å². The lowest BCUT2D eigenvalue weighted by atomic mass is 10.3. The van der Waals surface area contributed by atoms with Gasteiger partial charge in [-0.15, -0.1) is 0 Å². The fourth-order valence-corrected chi connectivity index (χ4v) is 1.01. The standard InChI is InChI=1S/C8H16F2N2O/c1-2-3-8(13)12(5-4-11)6-7(9)10/h7H,2-6,11H2,1H3. The summed E-state index contributed by atoms with van der Waals surface area (Å²) in [6.45, 7) is 1.77. The molecular weight excluding hydrogens is 178 g/mol. The molecule has 5 heteroatoms. The normalized spacial score (nSPS) is 10.5. The second-order valence-electron chi connectivity index (χ2n) is 2.77. The molecular formula is C8H16F2N2O. The van der Waals surface area contributed by atoms with E-state index in [4.69, 9.17) is 5.73 Å². The molecule has 0 radical (unpaired) electrons. The molecule has 0 aliphatic heterocycles. The van der Waals surface area contributed by atoms with Crippen LogP contribution < -0.4 is 5.73 Å². The summed E-state index contributed by atoms with van der Waals surface area (Å²) in [4.78, 5) is 12.3. The van der Waals surface area contributed by atoms with Crippen LogP contribution in [0.15, 0.2) is 0 Å². The second-order valence-corrected chi connectivity index (χ2v) is 2.77. The minimum absolute atomic E-state index is 0.211. The van der Waals surface area contributed by atoms with Crippen LogP contribution in [0.1, 0.15) is 19.8 Å². The van der Waals surface area contributed by atoms with Crippen LogP contribution in [-0.2, 0) is 4.79 Å². The molecule has 0 bridgehead atoms. The van der Waals surface area contributed by atoms with Gasteiger partial charge in [-0.2, -0.15) is 0 Å². The summed E-state index contributed by atoms with van der Waals surface area (Å²) in [5.74, 6) is -0.242. The van der Waals surface area contributed by atoms with E-state index >= 15 is 0 Å². The van der Waals surface area contributed by atoms with Crippen LogP contribution in [0.2, 0.25) is 0 Å². The molecule has 1 amide bonds. The van der Waals surface area contributed by atoms with Crippen LogP contribution in [0.4, 0.5) is 8.78 Å². The van der Waals surface area contributed by atoms with E-state index in [1.165, 1.54) is 0 Å². The molecule has 0 heterocycles. The predicted octanol–water partition coefficient (Wildman–Crippen LogP) is 0.839. The Hall–Kier alpha value is -0.710. The highest BCUT2D eigenvalue weighted by Crippen LogP contribution is 2.01. The van der Waals surface area contributed by atoms with Crippen LogP contribution in [-0.4, -0.2) is 36.9 Å². The van der Waals surface area contributed by atoms with Crippen LogP contribution in [0.3, 0.4) is 0 Å². The highest BCUT2D eigenvalue weighted by atomic mass is 19.3. The molecule has 3 nitrogen and oxygen atoms in total. The number of halogens is 2. The van der Waals surface area contributed by atoms with Gasteiger partial charge in [0, 0.05) is 19.5 Å². The number of nitrogens with two attached hydrogens (primary N) is 1. The van der Waals surface area contributed by atoms with Crippen molar-refractivity contribution < 1.29 is 13.6 Å². The summed E-state index contributed by atoms with van der Waals surface area (Å²) in [5, 5.41) is 0. The van der Waals surface area contributed by atoms with E-state index in [0.717, 1.165) is 4.90 Å². The van der Waals surface area contributed by atoms with Gasteiger partial charge in [0.1, 0.15) is 0 Å². The summed E-state index contributed by atoms with van der Waals surface area (Å²) in [5.41, 5.74) is 5.20. The number of rotatable bonds is 6. The minimum Gasteiger partial charge on any atom is -0.336 e. The molecule has 0 aliphatic rings. The molecule has 0 spiro atoms. The first kappa shape index (κ1) is 12.3. The van der Waals surface area contributed by atoms with Crippen molar-refractivity contribution in [2.24, 2.45) is 5.73 Å². The number of alkyl halides is 2. The fraction of sp³-hybridized carbons (Fsp3) is 0.875. The third kappa shape index (κ3) is 5.52. The Morgan fingerprint density at radius 1 is 1.54 bits per heavy atom. The van der Waals surface area contributed by atoms with Gasteiger partial charge < -0.3 is 10.6 Å². The van der Waals surface area contributed by atoms with E-state index in [0.29, 0.717) is 12.8 Å².